The van der Waals surface area contributed by atoms with Crippen LogP contribution in [-0.4, -0.2) is 6.54 Å². The lowest BCUT2D eigenvalue weighted by molar-refractivity contribution is 0.564. The maximum atomic E-state index is 13.8. The third-order valence-corrected chi connectivity index (χ3v) is 4.32. The third kappa shape index (κ3) is 3.03. The average Bonchev–Trinajstić information content (AvgIpc) is 2.46. The Bertz CT molecular complexity index is 634. The first-order chi connectivity index (χ1) is 10.1. The van der Waals surface area contributed by atoms with Crippen molar-refractivity contribution in [2.45, 2.75) is 25.2 Å². The van der Waals surface area contributed by atoms with Gasteiger partial charge >= 0.3 is 0 Å². The maximum absolute atomic E-state index is 13.8. The minimum Gasteiger partial charge on any atom is -0.381 e. The number of rotatable bonds is 3. The molecule has 0 bridgehead atoms. The van der Waals surface area contributed by atoms with Crippen molar-refractivity contribution in [2.24, 2.45) is 0 Å². The SMILES string of the molecule is Fc1cc(F)c(NCC2CCCc3ccccc32)c(Cl)c1. The first kappa shape index (κ1) is 14.3. The van der Waals surface area contributed by atoms with Gasteiger partial charge in [0, 0.05) is 18.5 Å². The molecule has 1 nitrogen and oxygen atoms in total. The molecule has 1 atom stereocenters. The van der Waals surface area contributed by atoms with Crippen LogP contribution in [0.5, 0.6) is 0 Å². The fourth-order valence-corrected chi connectivity index (χ4v) is 3.26. The predicted molar refractivity (Wildman–Crippen MR) is 82.0 cm³/mol. The highest BCUT2D eigenvalue weighted by molar-refractivity contribution is 6.33. The van der Waals surface area contributed by atoms with Crippen molar-refractivity contribution in [1.29, 1.82) is 0 Å². The van der Waals surface area contributed by atoms with E-state index < -0.39 is 11.6 Å². The largest absolute Gasteiger partial charge is 0.381 e. The summed E-state index contributed by atoms with van der Waals surface area (Å²) in [5.41, 5.74) is 2.86. The van der Waals surface area contributed by atoms with E-state index in [1.54, 1.807) is 0 Å². The Hall–Kier alpha value is -1.61. The second kappa shape index (κ2) is 6.02. The fourth-order valence-electron chi connectivity index (χ4n) is 3.00. The summed E-state index contributed by atoms with van der Waals surface area (Å²) < 4.78 is 26.8. The molecule has 0 saturated heterocycles. The molecule has 0 aliphatic heterocycles. The van der Waals surface area contributed by atoms with E-state index in [0.717, 1.165) is 31.4 Å². The number of aryl methyl sites for hydroxylation is 1. The molecular weight excluding hydrogens is 292 g/mol. The quantitative estimate of drug-likeness (QED) is 0.827. The Morgan fingerprint density at radius 3 is 2.81 bits per heavy atom. The van der Waals surface area contributed by atoms with E-state index in [4.69, 9.17) is 11.6 Å². The standard InChI is InChI=1S/C17H16ClF2N/c18-15-8-13(19)9-16(20)17(15)21-10-12-6-3-5-11-4-1-2-7-14(11)12/h1-2,4,7-9,12,21H,3,5-6,10H2. The molecule has 2 aromatic carbocycles. The summed E-state index contributed by atoms with van der Waals surface area (Å²) in [6.07, 6.45) is 3.28. The van der Waals surface area contributed by atoms with Crippen LogP contribution in [0.2, 0.25) is 5.02 Å². The van der Waals surface area contributed by atoms with E-state index in [2.05, 4.69) is 17.4 Å². The molecule has 0 fully saturated rings. The number of halogens is 3. The summed E-state index contributed by atoms with van der Waals surface area (Å²) in [6.45, 7) is 0.597. The minimum atomic E-state index is -0.661. The van der Waals surface area contributed by atoms with Gasteiger partial charge in [-0.25, -0.2) is 8.78 Å². The second-order valence-corrected chi connectivity index (χ2v) is 5.82. The van der Waals surface area contributed by atoms with Gasteiger partial charge in [0.25, 0.3) is 0 Å². The molecule has 0 saturated carbocycles. The van der Waals surface area contributed by atoms with Crippen LogP contribution in [0.3, 0.4) is 0 Å². The Labute approximate surface area is 127 Å². The Kier molecular flexibility index (Phi) is 4.11. The van der Waals surface area contributed by atoms with Gasteiger partial charge in [-0.2, -0.15) is 0 Å². The molecule has 3 rings (SSSR count). The van der Waals surface area contributed by atoms with Gasteiger partial charge in [-0.3, -0.25) is 0 Å². The number of benzene rings is 2. The number of fused-ring (bicyclic) bond motifs is 1. The Morgan fingerprint density at radius 1 is 1.19 bits per heavy atom. The lowest BCUT2D eigenvalue weighted by Gasteiger charge is -2.26. The average molecular weight is 308 g/mol. The zero-order valence-electron chi connectivity index (χ0n) is 11.5. The number of hydrogen-bond donors (Lipinski definition) is 1. The highest BCUT2D eigenvalue weighted by Crippen LogP contribution is 2.33. The Balaban J connectivity index is 1.78. The van der Waals surface area contributed by atoms with Crippen molar-refractivity contribution in [3.05, 3.63) is 64.2 Å². The van der Waals surface area contributed by atoms with E-state index in [0.29, 0.717) is 12.5 Å². The molecular formula is C17H16ClF2N. The van der Waals surface area contributed by atoms with Crippen molar-refractivity contribution < 1.29 is 8.78 Å². The smallest absolute Gasteiger partial charge is 0.150 e. The summed E-state index contributed by atoms with van der Waals surface area (Å²) in [4.78, 5) is 0. The molecule has 0 heterocycles. The molecule has 21 heavy (non-hydrogen) atoms. The first-order valence-corrected chi connectivity index (χ1v) is 7.49. The van der Waals surface area contributed by atoms with Crippen molar-refractivity contribution in [1.82, 2.24) is 0 Å². The predicted octanol–water partition coefficient (Wildman–Crippen LogP) is 5.15. The van der Waals surface area contributed by atoms with E-state index in [1.807, 2.05) is 12.1 Å². The molecule has 4 heteroatoms. The summed E-state index contributed by atoms with van der Waals surface area (Å²) in [6, 6.07) is 10.3. The van der Waals surface area contributed by atoms with E-state index in [-0.39, 0.29) is 10.7 Å². The number of anilines is 1. The van der Waals surface area contributed by atoms with Gasteiger partial charge in [0.05, 0.1) is 10.7 Å². The summed E-state index contributed by atoms with van der Waals surface area (Å²) in [5.74, 6) is -0.981. The van der Waals surface area contributed by atoms with Crippen LogP contribution in [0.15, 0.2) is 36.4 Å². The van der Waals surface area contributed by atoms with E-state index in [1.165, 1.54) is 11.1 Å². The molecule has 1 unspecified atom stereocenters. The normalized spacial score (nSPS) is 17.4. The van der Waals surface area contributed by atoms with Gasteiger partial charge in [0.1, 0.15) is 5.82 Å². The van der Waals surface area contributed by atoms with Crippen LogP contribution in [0.4, 0.5) is 14.5 Å². The van der Waals surface area contributed by atoms with Crippen LogP contribution < -0.4 is 5.32 Å². The van der Waals surface area contributed by atoms with E-state index >= 15 is 0 Å². The van der Waals surface area contributed by atoms with Gasteiger partial charge in [0.15, 0.2) is 5.82 Å². The van der Waals surface area contributed by atoms with Gasteiger partial charge in [-0.1, -0.05) is 35.9 Å². The van der Waals surface area contributed by atoms with Crippen LogP contribution in [0.1, 0.15) is 29.9 Å². The molecule has 1 aliphatic carbocycles. The van der Waals surface area contributed by atoms with Crippen LogP contribution in [0.25, 0.3) is 0 Å². The van der Waals surface area contributed by atoms with E-state index in [9.17, 15) is 8.78 Å². The van der Waals surface area contributed by atoms with Crippen molar-refractivity contribution in [2.75, 3.05) is 11.9 Å². The summed E-state index contributed by atoms with van der Waals surface area (Å²) in [5, 5.41) is 3.13. The summed E-state index contributed by atoms with van der Waals surface area (Å²) >= 11 is 5.91. The molecule has 0 radical (unpaired) electrons. The lowest BCUT2D eigenvalue weighted by Crippen LogP contribution is -2.18. The second-order valence-electron chi connectivity index (χ2n) is 5.41. The van der Waals surface area contributed by atoms with Crippen molar-refractivity contribution in [3.63, 3.8) is 0 Å². The molecule has 1 aliphatic rings. The maximum Gasteiger partial charge on any atom is 0.150 e. The highest BCUT2D eigenvalue weighted by atomic mass is 35.5. The monoisotopic (exact) mass is 307 g/mol. The minimum absolute atomic E-state index is 0.0802. The Morgan fingerprint density at radius 2 is 2.00 bits per heavy atom. The van der Waals surface area contributed by atoms with Crippen molar-refractivity contribution >= 4 is 17.3 Å². The highest BCUT2D eigenvalue weighted by Gasteiger charge is 2.20. The molecule has 0 aromatic heterocycles. The fraction of sp³-hybridized carbons (Fsp3) is 0.294. The zero-order valence-corrected chi connectivity index (χ0v) is 12.3. The van der Waals surface area contributed by atoms with Crippen molar-refractivity contribution in [3.8, 4) is 0 Å². The molecule has 1 N–H and O–H groups in total. The van der Waals surface area contributed by atoms with Gasteiger partial charge in [-0.05, 0) is 36.5 Å². The molecule has 0 spiro atoms. The zero-order chi connectivity index (χ0) is 14.8. The number of nitrogens with one attached hydrogen (secondary N) is 1. The molecule has 0 amide bonds. The van der Waals surface area contributed by atoms with Gasteiger partial charge < -0.3 is 5.32 Å². The first-order valence-electron chi connectivity index (χ1n) is 7.11. The van der Waals surface area contributed by atoms with Gasteiger partial charge in [-0.15, -0.1) is 0 Å². The topological polar surface area (TPSA) is 12.0 Å². The molecule has 2 aromatic rings. The lowest BCUT2D eigenvalue weighted by atomic mass is 9.83. The van der Waals surface area contributed by atoms with Crippen LogP contribution in [-0.2, 0) is 6.42 Å². The van der Waals surface area contributed by atoms with Crippen LogP contribution >= 0.6 is 11.6 Å². The third-order valence-electron chi connectivity index (χ3n) is 4.03. The van der Waals surface area contributed by atoms with Gasteiger partial charge in [0.2, 0.25) is 0 Å². The number of hydrogen-bond acceptors (Lipinski definition) is 1. The summed E-state index contributed by atoms with van der Waals surface area (Å²) in [7, 11) is 0. The molecule has 110 valence electrons. The van der Waals surface area contributed by atoms with Crippen LogP contribution in [0, 0.1) is 11.6 Å².